The van der Waals surface area contributed by atoms with Crippen molar-refractivity contribution < 1.29 is 0 Å². The predicted octanol–water partition coefficient (Wildman–Crippen LogP) is 9.76. The number of rotatable bonds is 0. The van der Waals surface area contributed by atoms with Gasteiger partial charge in [-0.2, -0.15) is 0 Å². The van der Waals surface area contributed by atoms with Gasteiger partial charge in [-0.25, -0.2) is 0 Å². The summed E-state index contributed by atoms with van der Waals surface area (Å²) in [5.74, 6) is 0. The molecule has 0 heterocycles. The molecule has 2 aliphatic rings. The van der Waals surface area contributed by atoms with Crippen molar-refractivity contribution in [1.82, 2.24) is 0 Å². The Balaban J connectivity index is 1.49. The van der Waals surface area contributed by atoms with Crippen LogP contribution in [0, 0.1) is 0 Å². The fourth-order valence-corrected chi connectivity index (χ4v) is 7.32. The molecular formula is C36H28. The molecule has 0 saturated carbocycles. The number of hydrogen-bond donors (Lipinski definition) is 0. The maximum Gasteiger partial charge on any atom is 0.0159 e. The molecule has 0 amide bonds. The largest absolute Gasteiger partial charge is 0.0616 e. The van der Waals surface area contributed by atoms with E-state index in [-0.39, 0.29) is 10.8 Å². The molecule has 8 rings (SSSR count). The van der Waals surface area contributed by atoms with Crippen molar-refractivity contribution >= 4 is 32.3 Å². The average molecular weight is 461 g/mol. The minimum Gasteiger partial charge on any atom is -0.0616 e. The van der Waals surface area contributed by atoms with Crippen molar-refractivity contribution in [3.05, 3.63) is 119 Å². The second kappa shape index (κ2) is 6.45. The van der Waals surface area contributed by atoms with Crippen LogP contribution < -0.4 is 0 Å². The molecule has 0 nitrogen and oxygen atoms in total. The van der Waals surface area contributed by atoms with Gasteiger partial charge >= 0.3 is 0 Å². The van der Waals surface area contributed by atoms with Crippen LogP contribution in [-0.2, 0) is 10.8 Å². The number of benzene rings is 6. The van der Waals surface area contributed by atoms with E-state index < -0.39 is 0 Å². The third-order valence-electron chi connectivity index (χ3n) is 9.24. The van der Waals surface area contributed by atoms with Gasteiger partial charge in [0.2, 0.25) is 0 Å². The van der Waals surface area contributed by atoms with Crippen LogP contribution in [0.4, 0.5) is 0 Å². The molecule has 0 saturated heterocycles. The minimum atomic E-state index is -0.0446. The van der Waals surface area contributed by atoms with Gasteiger partial charge in [-0.05, 0) is 89.0 Å². The van der Waals surface area contributed by atoms with Crippen LogP contribution in [0.5, 0.6) is 0 Å². The van der Waals surface area contributed by atoms with Crippen LogP contribution in [0.2, 0.25) is 0 Å². The molecule has 36 heavy (non-hydrogen) atoms. The molecule has 0 fully saturated rings. The Morgan fingerprint density at radius 2 is 0.861 bits per heavy atom. The van der Waals surface area contributed by atoms with Crippen molar-refractivity contribution in [1.29, 1.82) is 0 Å². The van der Waals surface area contributed by atoms with Gasteiger partial charge in [0.15, 0.2) is 0 Å². The van der Waals surface area contributed by atoms with Crippen LogP contribution in [0.1, 0.15) is 49.9 Å². The van der Waals surface area contributed by atoms with E-state index in [9.17, 15) is 0 Å². The zero-order valence-electron chi connectivity index (χ0n) is 21.2. The van der Waals surface area contributed by atoms with Crippen molar-refractivity contribution in [2.75, 3.05) is 0 Å². The average Bonchev–Trinajstić information content (AvgIpc) is 3.27. The molecule has 0 aliphatic heterocycles. The quantitative estimate of drug-likeness (QED) is 0.198. The van der Waals surface area contributed by atoms with Gasteiger partial charge in [0.05, 0.1) is 0 Å². The maximum absolute atomic E-state index is 2.54. The van der Waals surface area contributed by atoms with E-state index in [4.69, 9.17) is 0 Å². The summed E-state index contributed by atoms with van der Waals surface area (Å²) in [7, 11) is 0. The lowest BCUT2D eigenvalue weighted by atomic mass is 9.79. The van der Waals surface area contributed by atoms with Crippen LogP contribution in [0.3, 0.4) is 0 Å². The Morgan fingerprint density at radius 1 is 0.389 bits per heavy atom. The highest BCUT2D eigenvalue weighted by atomic mass is 14.4. The Hall–Kier alpha value is -3.90. The molecule has 0 N–H and O–H groups in total. The highest BCUT2D eigenvalue weighted by Gasteiger charge is 2.42. The SMILES string of the molecule is CC1(C)c2cc3c(cc2-c2c1ccc1ccccc21)C(C)(C)c1ccc2c(ccc4ccccc42)c1-3. The lowest BCUT2D eigenvalue weighted by Crippen LogP contribution is -2.16. The van der Waals surface area contributed by atoms with Crippen molar-refractivity contribution in [2.45, 2.75) is 38.5 Å². The van der Waals surface area contributed by atoms with E-state index in [1.165, 1.54) is 76.8 Å². The van der Waals surface area contributed by atoms with Crippen molar-refractivity contribution in [3.8, 4) is 22.3 Å². The van der Waals surface area contributed by atoms with Crippen molar-refractivity contribution in [3.63, 3.8) is 0 Å². The van der Waals surface area contributed by atoms with E-state index in [1.54, 1.807) is 0 Å². The first-order valence-corrected chi connectivity index (χ1v) is 13.0. The summed E-state index contributed by atoms with van der Waals surface area (Å²) in [6.45, 7) is 9.61. The first-order chi connectivity index (χ1) is 17.4. The van der Waals surface area contributed by atoms with E-state index in [0.29, 0.717) is 0 Å². The molecule has 0 atom stereocenters. The van der Waals surface area contributed by atoms with Gasteiger partial charge in [0.25, 0.3) is 0 Å². The van der Waals surface area contributed by atoms with Crippen LogP contribution in [0.25, 0.3) is 54.6 Å². The third-order valence-corrected chi connectivity index (χ3v) is 9.24. The van der Waals surface area contributed by atoms with E-state index in [1.807, 2.05) is 0 Å². The molecule has 0 radical (unpaired) electrons. The fraction of sp³-hybridized carbons (Fsp3) is 0.167. The minimum absolute atomic E-state index is 0.0338. The Labute approximate surface area is 212 Å². The molecule has 6 aromatic carbocycles. The van der Waals surface area contributed by atoms with E-state index in [2.05, 4.69) is 125 Å². The predicted molar refractivity (Wildman–Crippen MR) is 154 cm³/mol. The van der Waals surface area contributed by atoms with Crippen LogP contribution >= 0.6 is 0 Å². The molecule has 172 valence electrons. The summed E-state index contributed by atoms with van der Waals surface area (Å²) in [6.07, 6.45) is 0. The van der Waals surface area contributed by atoms with Gasteiger partial charge in [-0.1, -0.05) is 113 Å². The van der Waals surface area contributed by atoms with Gasteiger partial charge in [-0.3, -0.25) is 0 Å². The van der Waals surface area contributed by atoms with Gasteiger partial charge in [0, 0.05) is 10.8 Å². The fourth-order valence-electron chi connectivity index (χ4n) is 7.32. The number of fused-ring (bicyclic) bond motifs is 12. The topological polar surface area (TPSA) is 0 Å². The first kappa shape index (κ1) is 20.3. The van der Waals surface area contributed by atoms with Crippen molar-refractivity contribution in [2.24, 2.45) is 0 Å². The zero-order valence-corrected chi connectivity index (χ0v) is 21.2. The molecule has 2 aliphatic carbocycles. The molecule has 0 heteroatoms. The highest BCUT2D eigenvalue weighted by molar-refractivity contribution is 6.14. The second-order valence-corrected chi connectivity index (χ2v) is 11.8. The van der Waals surface area contributed by atoms with Crippen LogP contribution in [-0.4, -0.2) is 0 Å². The molecule has 0 aromatic heterocycles. The summed E-state index contributed by atoms with van der Waals surface area (Å²) in [4.78, 5) is 0. The zero-order chi connectivity index (χ0) is 24.4. The standard InChI is InChI=1S/C36H28/c1-35(2)29-17-14-22-10-6-8-12-24(22)33(29)27-19-32-28(20-31(27)35)34-26-15-13-21-9-5-7-11-23(21)25(26)16-18-30(34)36(32,3)4/h5-20H,1-4H3. The Morgan fingerprint density at radius 3 is 1.53 bits per heavy atom. The van der Waals surface area contributed by atoms with Gasteiger partial charge in [-0.15, -0.1) is 0 Å². The molecule has 0 spiro atoms. The normalized spacial score (nSPS) is 16.2. The molecule has 0 bridgehead atoms. The smallest absolute Gasteiger partial charge is 0.0159 e. The second-order valence-electron chi connectivity index (χ2n) is 11.8. The summed E-state index contributed by atoms with van der Waals surface area (Å²) in [6, 6.07) is 36.8. The molecule has 6 aromatic rings. The van der Waals surface area contributed by atoms with Gasteiger partial charge in [0.1, 0.15) is 0 Å². The van der Waals surface area contributed by atoms with E-state index >= 15 is 0 Å². The summed E-state index contributed by atoms with van der Waals surface area (Å²) < 4.78 is 0. The molecular weight excluding hydrogens is 432 g/mol. The van der Waals surface area contributed by atoms with Crippen LogP contribution in [0.15, 0.2) is 97.1 Å². The lowest BCUT2D eigenvalue weighted by Gasteiger charge is -2.24. The third kappa shape index (κ3) is 2.31. The van der Waals surface area contributed by atoms with E-state index in [0.717, 1.165) is 0 Å². The monoisotopic (exact) mass is 460 g/mol. The Bertz CT molecular complexity index is 1930. The first-order valence-electron chi connectivity index (χ1n) is 13.0. The lowest BCUT2D eigenvalue weighted by molar-refractivity contribution is 0.652. The molecule has 0 unspecified atom stereocenters. The summed E-state index contributed by atoms with van der Waals surface area (Å²) >= 11 is 0. The summed E-state index contributed by atoms with van der Waals surface area (Å²) in [5.41, 5.74) is 11.4. The summed E-state index contributed by atoms with van der Waals surface area (Å²) in [5, 5.41) is 8.05. The number of hydrogen-bond acceptors (Lipinski definition) is 0. The van der Waals surface area contributed by atoms with Gasteiger partial charge < -0.3 is 0 Å². The maximum atomic E-state index is 2.54. The Kier molecular flexibility index (Phi) is 3.64. The highest BCUT2D eigenvalue weighted by Crippen LogP contribution is 2.58.